The zero-order valence-electron chi connectivity index (χ0n) is 21.0. The van der Waals surface area contributed by atoms with Gasteiger partial charge in [-0.05, 0) is 84.9 Å². The molecular weight excluding hydrogens is 526 g/mol. The largest absolute Gasteiger partial charge is 0.342 e. The van der Waals surface area contributed by atoms with Crippen molar-refractivity contribution in [1.82, 2.24) is 20.1 Å². The number of nitrogens with zero attached hydrogens (tertiary/aromatic N) is 3. The number of aromatic nitrogens is 3. The first-order valence-electron chi connectivity index (χ1n) is 11.6. The van der Waals surface area contributed by atoms with Gasteiger partial charge in [-0.15, -0.1) is 10.2 Å². The van der Waals surface area contributed by atoms with Crippen LogP contribution in [0.1, 0.15) is 59.7 Å². The highest BCUT2D eigenvalue weighted by atomic mass is 79.9. The number of anilines is 1. The predicted octanol–water partition coefficient (Wildman–Crippen LogP) is 5.84. The van der Waals surface area contributed by atoms with Crippen molar-refractivity contribution in [1.29, 1.82) is 0 Å². The van der Waals surface area contributed by atoms with Gasteiger partial charge in [-0.3, -0.25) is 9.59 Å². The Kier molecular flexibility index (Phi) is 9.13. The summed E-state index contributed by atoms with van der Waals surface area (Å²) in [5.41, 5.74) is 4.71. The Balaban J connectivity index is 1.72. The standard InChI is InChI=1S/C26H32BrN5O2S/c1-7-32-24(23(15(2)3)29-25(34)19-10-8-16(4)9-11-19)30-31-26(32)35-14-22(33)28-21-13-18(6)17(5)12-20(21)27/h8-13,15,23H,7,14H2,1-6H3,(H,28,33)(H,29,34)/t23-/m1/s1. The van der Waals surface area contributed by atoms with E-state index in [4.69, 9.17) is 0 Å². The predicted molar refractivity (Wildman–Crippen MR) is 145 cm³/mol. The molecule has 0 aliphatic rings. The molecule has 0 saturated carbocycles. The second-order valence-corrected chi connectivity index (χ2v) is 10.7. The molecule has 1 aromatic heterocycles. The normalized spacial score (nSPS) is 12.0. The fourth-order valence-corrected chi connectivity index (χ4v) is 4.95. The molecular formula is C26H32BrN5O2S. The molecule has 3 aromatic rings. The van der Waals surface area contributed by atoms with Crippen LogP contribution in [0.4, 0.5) is 5.69 Å². The fourth-order valence-electron chi connectivity index (χ4n) is 3.59. The Hall–Kier alpha value is -2.65. The maximum Gasteiger partial charge on any atom is 0.251 e. The summed E-state index contributed by atoms with van der Waals surface area (Å²) in [6.45, 7) is 12.7. The number of aryl methyl sites for hydroxylation is 3. The number of halogens is 1. The van der Waals surface area contributed by atoms with E-state index in [1.165, 1.54) is 11.8 Å². The van der Waals surface area contributed by atoms with Gasteiger partial charge in [-0.2, -0.15) is 0 Å². The van der Waals surface area contributed by atoms with E-state index in [2.05, 4.69) is 36.8 Å². The highest BCUT2D eigenvalue weighted by Gasteiger charge is 2.26. The minimum absolute atomic E-state index is 0.0992. The van der Waals surface area contributed by atoms with E-state index in [1.54, 1.807) is 0 Å². The van der Waals surface area contributed by atoms with E-state index < -0.39 is 0 Å². The summed E-state index contributed by atoms with van der Waals surface area (Å²) < 4.78 is 2.81. The third-order valence-electron chi connectivity index (χ3n) is 5.80. The van der Waals surface area contributed by atoms with Gasteiger partial charge in [0.25, 0.3) is 5.91 Å². The molecule has 0 unspecified atom stereocenters. The van der Waals surface area contributed by atoms with E-state index in [9.17, 15) is 9.59 Å². The molecule has 0 aliphatic heterocycles. The summed E-state index contributed by atoms with van der Waals surface area (Å²) in [6.07, 6.45) is 0. The Morgan fingerprint density at radius 3 is 2.34 bits per heavy atom. The summed E-state index contributed by atoms with van der Waals surface area (Å²) in [5.74, 6) is 0.700. The van der Waals surface area contributed by atoms with E-state index in [0.717, 1.165) is 26.9 Å². The van der Waals surface area contributed by atoms with Gasteiger partial charge < -0.3 is 15.2 Å². The average molecular weight is 559 g/mol. The lowest BCUT2D eigenvalue weighted by molar-refractivity contribution is -0.113. The highest BCUT2D eigenvalue weighted by molar-refractivity contribution is 9.10. The molecule has 2 N–H and O–H groups in total. The molecule has 1 atom stereocenters. The van der Waals surface area contributed by atoms with Gasteiger partial charge in [0.1, 0.15) is 0 Å². The van der Waals surface area contributed by atoms with Crippen LogP contribution in [0, 0.1) is 26.7 Å². The number of amides is 2. The van der Waals surface area contributed by atoms with Crippen LogP contribution in [0.25, 0.3) is 0 Å². The van der Waals surface area contributed by atoms with Crippen LogP contribution in [-0.2, 0) is 11.3 Å². The van der Waals surface area contributed by atoms with Gasteiger partial charge in [-0.1, -0.05) is 43.3 Å². The lowest BCUT2D eigenvalue weighted by Gasteiger charge is -2.22. The Bertz CT molecular complexity index is 1210. The summed E-state index contributed by atoms with van der Waals surface area (Å²) in [5, 5.41) is 15.5. The maximum absolute atomic E-state index is 12.9. The molecule has 0 saturated heterocycles. The van der Waals surface area contributed by atoms with E-state index in [0.29, 0.717) is 23.1 Å². The van der Waals surface area contributed by atoms with Crippen LogP contribution in [-0.4, -0.2) is 32.3 Å². The van der Waals surface area contributed by atoms with Gasteiger partial charge in [0.2, 0.25) is 5.91 Å². The van der Waals surface area contributed by atoms with E-state index in [1.807, 2.05) is 82.5 Å². The van der Waals surface area contributed by atoms with Crippen LogP contribution < -0.4 is 10.6 Å². The highest BCUT2D eigenvalue weighted by Crippen LogP contribution is 2.28. The second-order valence-electron chi connectivity index (χ2n) is 8.90. The molecule has 2 aromatic carbocycles. The van der Waals surface area contributed by atoms with Crippen molar-refractivity contribution >= 4 is 45.2 Å². The monoisotopic (exact) mass is 557 g/mol. The van der Waals surface area contributed by atoms with Crippen molar-refractivity contribution in [3.05, 3.63) is 68.9 Å². The number of carbonyl (C=O) groups is 2. The fraction of sp³-hybridized carbons (Fsp3) is 0.385. The molecule has 0 aliphatic carbocycles. The van der Waals surface area contributed by atoms with Crippen molar-refractivity contribution in [2.75, 3.05) is 11.1 Å². The average Bonchev–Trinajstić information content (AvgIpc) is 3.22. The SMILES string of the molecule is CCn1c(SCC(=O)Nc2cc(C)c(C)cc2Br)nnc1[C@H](NC(=O)c1ccc(C)cc1)C(C)C. The molecule has 1 heterocycles. The number of rotatable bonds is 9. The van der Waals surface area contributed by atoms with Crippen molar-refractivity contribution < 1.29 is 9.59 Å². The quantitative estimate of drug-likeness (QED) is 0.322. The lowest BCUT2D eigenvalue weighted by Crippen LogP contribution is -2.33. The van der Waals surface area contributed by atoms with Crippen molar-refractivity contribution in [3.63, 3.8) is 0 Å². The molecule has 7 nitrogen and oxygen atoms in total. The number of nitrogens with one attached hydrogen (secondary N) is 2. The van der Waals surface area contributed by atoms with E-state index >= 15 is 0 Å². The summed E-state index contributed by atoms with van der Waals surface area (Å²) in [6, 6.07) is 11.1. The molecule has 2 amide bonds. The molecule has 35 heavy (non-hydrogen) atoms. The number of carbonyl (C=O) groups excluding carboxylic acids is 2. The Morgan fingerprint density at radius 2 is 1.71 bits per heavy atom. The van der Waals surface area contributed by atoms with Crippen LogP contribution in [0.2, 0.25) is 0 Å². The first kappa shape index (κ1) is 26.9. The van der Waals surface area contributed by atoms with Crippen molar-refractivity contribution in [2.24, 2.45) is 5.92 Å². The van der Waals surface area contributed by atoms with Gasteiger partial charge in [-0.25, -0.2) is 0 Å². The van der Waals surface area contributed by atoms with Crippen LogP contribution in [0.3, 0.4) is 0 Å². The third-order valence-corrected chi connectivity index (χ3v) is 7.42. The Labute approximate surface area is 219 Å². The van der Waals surface area contributed by atoms with Gasteiger partial charge in [0, 0.05) is 16.6 Å². The summed E-state index contributed by atoms with van der Waals surface area (Å²) in [7, 11) is 0. The maximum atomic E-state index is 12.9. The minimum atomic E-state index is -0.314. The lowest BCUT2D eigenvalue weighted by atomic mass is 10.0. The van der Waals surface area contributed by atoms with Crippen molar-refractivity contribution in [3.8, 4) is 0 Å². The van der Waals surface area contributed by atoms with E-state index in [-0.39, 0.29) is 29.5 Å². The van der Waals surface area contributed by atoms with Gasteiger partial charge in [0.05, 0.1) is 17.5 Å². The molecule has 0 spiro atoms. The van der Waals surface area contributed by atoms with Crippen molar-refractivity contribution in [2.45, 2.75) is 59.3 Å². The summed E-state index contributed by atoms with van der Waals surface area (Å²) in [4.78, 5) is 25.5. The molecule has 186 valence electrons. The number of hydrogen-bond donors (Lipinski definition) is 2. The minimum Gasteiger partial charge on any atom is -0.342 e. The topological polar surface area (TPSA) is 88.9 Å². The molecule has 3 rings (SSSR count). The molecule has 9 heteroatoms. The smallest absolute Gasteiger partial charge is 0.251 e. The molecule has 0 bridgehead atoms. The third kappa shape index (κ3) is 6.73. The second kappa shape index (κ2) is 11.9. The van der Waals surface area contributed by atoms with Crippen LogP contribution in [0.15, 0.2) is 46.0 Å². The number of hydrogen-bond acceptors (Lipinski definition) is 5. The first-order chi connectivity index (χ1) is 16.6. The van der Waals surface area contributed by atoms with Crippen LogP contribution >= 0.6 is 27.7 Å². The molecule has 0 fully saturated rings. The zero-order chi connectivity index (χ0) is 25.7. The zero-order valence-corrected chi connectivity index (χ0v) is 23.4. The number of benzene rings is 2. The number of thioether (sulfide) groups is 1. The van der Waals surface area contributed by atoms with Crippen LogP contribution in [0.5, 0.6) is 0 Å². The van der Waals surface area contributed by atoms with Gasteiger partial charge >= 0.3 is 0 Å². The summed E-state index contributed by atoms with van der Waals surface area (Å²) >= 11 is 4.85. The molecule has 0 radical (unpaired) electrons. The van der Waals surface area contributed by atoms with Gasteiger partial charge in [0.15, 0.2) is 11.0 Å². The Morgan fingerprint density at radius 1 is 1.06 bits per heavy atom. The first-order valence-corrected chi connectivity index (χ1v) is 13.4.